The van der Waals surface area contributed by atoms with E-state index in [2.05, 4.69) is 50.4 Å². The molecule has 1 aliphatic rings. The maximum Gasteiger partial charge on any atom is 0.306 e. The topological polar surface area (TPSA) is 175 Å². The lowest BCUT2D eigenvalue weighted by molar-refractivity contribution is -0.305. The number of aliphatic hydroxyl groups is 5. The molecular formula is C76H143NO10. The molecule has 1 rings (SSSR count). The van der Waals surface area contributed by atoms with Gasteiger partial charge in [-0.15, -0.1) is 0 Å². The van der Waals surface area contributed by atoms with E-state index in [0.717, 1.165) is 64.2 Å². The molecular weight excluding hydrogens is 1090 g/mol. The van der Waals surface area contributed by atoms with Crippen LogP contribution in [0.2, 0.25) is 0 Å². The van der Waals surface area contributed by atoms with Crippen LogP contribution in [0.1, 0.15) is 374 Å². The molecule has 1 fully saturated rings. The van der Waals surface area contributed by atoms with Gasteiger partial charge in [0, 0.05) is 6.42 Å². The molecule has 0 aliphatic carbocycles. The van der Waals surface area contributed by atoms with Gasteiger partial charge in [0.2, 0.25) is 5.91 Å². The van der Waals surface area contributed by atoms with Crippen molar-refractivity contribution in [2.24, 2.45) is 0 Å². The second-order valence-corrected chi connectivity index (χ2v) is 26.4. The fourth-order valence-corrected chi connectivity index (χ4v) is 12.1. The second-order valence-electron chi connectivity index (χ2n) is 26.4. The van der Waals surface area contributed by atoms with E-state index < -0.39 is 67.4 Å². The van der Waals surface area contributed by atoms with Crippen molar-refractivity contribution in [1.29, 1.82) is 0 Å². The zero-order chi connectivity index (χ0) is 63.1. The second kappa shape index (κ2) is 64.0. The number of carbonyl (C=O) groups is 2. The van der Waals surface area contributed by atoms with Crippen molar-refractivity contribution < 1.29 is 49.3 Å². The van der Waals surface area contributed by atoms with Crippen LogP contribution in [0.5, 0.6) is 0 Å². The zero-order valence-corrected chi connectivity index (χ0v) is 57.2. The summed E-state index contributed by atoms with van der Waals surface area (Å²) in [6.07, 6.45) is 69.0. The van der Waals surface area contributed by atoms with Gasteiger partial charge in [-0.3, -0.25) is 9.59 Å². The smallest absolute Gasteiger partial charge is 0.306 e. The Morgan fingerprint density at radius 2 is 0.793 bits per heavy atom. The molecule has 1 amide bonds. The van der Waals surface area contributed by atoms with Crippen LogP contribution in [-0.4, -0.2) is 99.6 Å². The number of allylic oxidation sites excluding steroid dienone is 5. The number of hydrogen-bond donors (Lipinski definition) is 6. The molecule has 87 heavy (non-hydrogen) atoms. The molecule has 0 radical (unpaired) electrons. The highest BCUT2D eigenvalue weighted by Crippen LogP contribution is 2.27. The molecule has 11 nitrogen and oxygen atoms in total. The molecule has 0 aromatic rings. The van der Waals surface area contributed by atoms with E-state index in [9.17, 15) is 35.1 Å². The summed E-state index contributed by atoms with van der Waals surface area (Å²) in [4.78, 5) is 26.7. The quantitative estimate of drug-likeness (QED) is 0.0195. The molecule has 1 saturated heterocycles. The molecule has 6 N–H and O–H groups in total. The third-order valence-corrected chi connectivity index (χ3v) is 18.0. The average Bonchev–Trinajstić information content (AvgIpc) is 2.32. The standard InChI is InChI=1S/C76H143NO10/c1-4-7-10-13-16-19-22-25-27-29-31-33-34-35-37-38-40-42-45-48-51-54-57-60-63-69(80)75(84)77-67(68(79)62-59-56-53-50-47-44-24-21-18-15-12-9-6-3)66-85-76-74(73(83)72(82)70(65-78)86-76)87-71(81)64-61-58-55-52-49-46-43-41-39-36-32-30-28-26-23-20-17-14-11-8-5-2/h17,20,26,28,59,62,67-70,72-74,76,78-80,82-83H,4-16,18-19,21-25,27,29-58,60-61,63-66H2,1-3H3,(H,77,84)/b20-17-,28-26-,62-59+. The van der Waals surface area contributed by atoms with Gasteiger partial charge < -0.3 is 45.1 Å². The van der Waals surface area contributed by atoms with Crippen molar-refractivity contribution in [2.45, 2.75) is 423 Å². The predicted octanol–water partition coefficient (Wildman–Crippen LogP) is 19.7. The van der Waals surface area contributed by atoms with Gasteiger partial charge in [0.05, 0.1) is 25.4 Å². The maximum atomic E-state index is 13.5. The van der Waals surface area contributed by atoms with Gasteiger partial charge in [-0.2, -0.15) is 0 Å². The monoisotopic (exact) mass is 1230 g/mol. The Hall–Kier alpha value is -2.12. The molecule has 0 aromatic heterocycles. The first-order chi connectivity index (χ1) is 42.7. The molecule has 1 heterocycles. The Balaban J connectivity index is 2.54. The van der Waals surface area contributed by atoms with Crippen LogP contribution in [0.3, 0.4) is 0 Å². The summed E-state index contributed by atoms with van der Waals surface area (Å²) in [6.45, 7) is 5.84. The van der Waals surface area contributed by atoms with Crippen LogP contribution < -0.4 is 5.32 Å². The minimum absolute atomic E-state index is 0.124. The predicted molar refractivity (Wildman–Crippen MR) is 366 cm³/mol. The van der Waals surface area contributed by atoms with E-state index >= 15 is 0 Å². The fourth-order valence-electron chi connectivity index (χ4n) is 12.1. The Kier molecular flexibility index (Phi) is 61.0. The molecule has 0 spiro atoms. The molecule has 8 atom stereocenters. The summed E-state index contributed by atoms with van der Waals surface area (Å²) >= 11 is 0. The normalized spacial score (nSPS) is 18.4. The number of aliphatic hydroxyl groups excluding tert-OH is 5. The first-order valence-corrected chi connectivity index (χ1v) is 37.8. The Labute approximate surface area is 536 Å². The van der Waals surface area contributed by atoms with Gasteiger partial charge in [-0.1, -0.05) is 346 Å². The number of carbonyl (C=O) groups excluding carboxylic acids is 2. The van der Waals surface area contributed by atoms with Crippen molar-refractivity contribution in [3.05, 3.63) is 36.5 Å². The minimum Gasteiger partial charge on any atom is -0.454 e. The number of amides is 1. The van der Waals surface area contributed by atoms with Gasteiger partial charge in [0.1, 0.15) is 24.4 Å². The van der Waals surface area contributed by atoms with Crippen LogP contribution in [-0.2, 0) is 23.8 Å². The van der Waals surface area contributed by atoms with Gasteiger partial charge in [-0.25, -0.2) is 0 Å². The molecule has 0 aromatic carbocycles. The van der Waals surface area contributed by atoms with Crippen LogP contribution in [0.4, 0.5) is 0 Å². The summed E-state index contributed by atoms with van der Waals surface area (Å²) in [7, 11) is 0. The van der Waals surface area contributed by atoms with E-state index in [0.29, 0.717) is 19.3 Å². The highest BCUT2D eigenvalue weighted by molar-refractivity contribution is 5.80. The average molecular weight is 1230 g/mol. The van der Waals surface area contributed by atoms with E-state index in [1.54, 1.807) is 6.08 Å². The molecule has 1 aliphatic heterocycles. The van der Waals surface area contributed by atoms with Gasteiger partial charge in [0.15, 0.2) is 12.4 Å². The lowest BCUT2D eigenvalue weighted by Crippen LogP contribution is -2.61. The number of rotatable bonds is 66. The summed E-state index contributed by atoms with van der Waals surface area (Å²) in [5.74, 6) is -1.18. The van der Waals surface area contributed by atoms with Crippen LogP contribution >= 0.6 is 0 Å². The third kappa shape index (κ3) is 51.1. The Morgan fingerprint density at radius 3 is 1.20 bits per heavy atom. The molecule has 512 valence electrons. The number of unbranched alkanes of at least 4 members (excludes halogenated alkanes) is 48. The Bertz CT molecular complexity index is 1560. The minimum atomic E-state index is -1.61. The number of ether oxygens (including phenoxy) is 3. The van der Waals surface area contributed by atoms with Crippen molar-refractivity contribution >= 4 is 11.9 Å². The maximum absolute atomic E-state index is 13.5. The van der Waals surface area contributed by atoms with Crippen LogP contribution in [0.15, 0.2) is 36.5 Å². The van der Waals surface area contributed by atoms with Gasteiger partial charge in [0.25, 0.3) is 0 Å². The molecule has 8 unspecified atom stereocenters. The number of hydrogen-bond acceptors (Lipinski definition) is 10. The lowest BCUT2D eigenvalue weighted by Gasteiger charge is -2.41. The highest BCUT2D eigenvalue weighted by atomic mass is 16.7. The highest BCUT2D eigenvalue weighted by Gasteiger charge is 2.47. The van der Waals surface area contributed by atoms with Gasteiger partial charge in [-0.05, 0) is 57.8 Å². The molecule has 0 bridgehead atoms. The SMILES string of the molecule is CCCCC/C=C\C/C=C\CCCCCCCCCCCCCC(=O)OC1C(OCC(NC(=O)C(O)CCCCCCCCCCCCCCCCCCCCCCCCCC)C(O)/C=C/CCCCCCCCCCCCC)OC(CO)C(O)C1O. The van der Waals surface area contributed by atoms with E-state index in [-0.39, 0.29) is 13.0 Å². The largest absolute Gasteiger partial charge is 0.454 e. The number of esters is 1. The molecule has 0 saturated carbocycles. The third-order valence-electron chi connectivity index (χ3n) is 18.0. The van der Waals surface area contributed by atoms with Crippen molar-refractivity contribution in [1.82, 2.24) is 5.32 Å². The van der Waals surface area contributed by atoms with E-state index in [1.165, 1.54) is 263 Å². The fraction of sp³-hybridized carbons (Fsp3) is 0.895. The lowest BCUT2D eigenvalue weighted by atomic mass is 9.99. The zero-order valence-electron chi connectivity index (χ0n) is 57.2. The van der Waals surface area contributed by atoms with Crippen LogP contribution in [0.25, 0.3) is 0 Å². The van der Waals surface area contributed by atoms with E-state index in [1.807, 2.05) is 6.08 Å². The summed E-state index contributed by atoms with van der Waals surface area (Å²) < 4.78 is 17.7. The van der Waals surface area contributed by atoms with Crippen molar-refractivity contribution in [3.63, 3.8) is 0 Å². The first kappa shape index (κ1) is 82.9. The number of nitrogens with one attached hydrogen (secondary N) is 1. The van der Waals surface area contributed by atoms with Crippen molar-refractivity contribution in [2.75, 3.05) is 13.2 Å². The summed E-state index contributed by atoms with van der Waals surface area (Å²) in [6, 6.07) is -1.02. The summed E-state index contributed by atoms with van der Waals surface area (Å²) in [5, 5.41) is 57.4. The first-order valence-electron chi connectivity index (χ1n) is 37.8. The van der Waals surface area contributed by atoms with E-state index in [4.69, 9.17) is 14.2 Å². The Morgan fingerprint density at radius 1 is 0.448 bits per heavy atom. The van der Waals surface area contributed by atoms with Gasteiger partial charge >= 0.3 is 5.97 Å². The van der Waals surface area contributed by atoms with Crippen LogP contribution in [0, 0.1) is 0 Å². The summed E-state index contributed by atoms with van der Waals surface area (Å²) in [5.41, 5.74) is 0. The van der Waals surface area contributed by atoms with Crippen molar-refractivity contribution in [3.8, 4) is 0 Å². The molecule has 11 heteroatoms.